The summed E-state index contributed by atoms with van der Waals surface area (Å²) in [5, 5.41) is 0. The van der Waals surface area contributed by atoms with Gasteiger partial charge in [-0.25, -0.2) is 4.79 Å². The van der Waals surface area contributed by atoms with Crippen molar-refractivity contribution in [1.82, 2.24) is 14.0 Å². The van der Waals surface area contributed by atoms with E-state index >= 15 is 0 Å². The van der Waals surface area contributed by atoms with Crippen molar-refractivity contribution in [3.05, 3.63) is 67.4 Å². The fourth-order valence-electron chi connectivity index (χ4n) is 4.32. The molecule has 0 radical (unpaired) electrons. The number of aromatic nitrogens is 2. The molecule has 1 heterocycles. The first kappa shape index (κ1) is 27.2. The van der Waals surface area contributed by atoms with Crippen LogP contribution in [-0.4, -0.2) is 40.3 Å². The first-order valence-corrected chi connectivity index (χ1v) is 11.8. The Morgan fingerprint density at radius 2 is 1.72 bits per heavy atom. The summed E-state index contributed by atoms with van der Waals surface area (Å²) < 4.78 is 9.63. The van der Waals surface area contributed by atoms with Crippen LogP contribution in [0.15, 0.2) is 41.5 Å². The molecule has 0 atom stereocenters. The van der Waals surface area contributed by atoms with Crippen molar-refractivity contribution in [2.24, 2.45) is 0 Å². The molecule has 0 N–H and O–H groups in total. The Morgan fingerprint density at radius 3 is 2.28 bits per heavy atom. The van der Waals surface area contributed by atoms with E-state index in [2.05, 4.69) is 25.2 Å². The molecule has 5 nitrogen and oxygen atoms in total. The number of nitrogens with zero attached hydrogens (tertiary/aromatic N) is 3. The average molecular weight is 448 g/mol. The summed E-state index contributed by atoms with van der Waals surface area (Å²) in [7, 11) is 2.04. The minimum atomic E-state index is 0. The van der Waals surface area contributed by atoms with E-state index in [0.717, 1.165) is 69.5 Å². The predicted molar refractivity (Wildman–Crippen MR) is 128 cm³/mol. The number of rotatable bonds is 7. The first-order valence-electron chi connectivity index (χ1n) is 11.8. The maximum Gasteiger partial charge on any atom is 1.00 e. The zero-order valence-corrected chi connectivity index (χ0v) is 22.0. The average Bonchev–Trinajstić information content (AvgIpc) is 3.45. The Balaban J connectivity index is 0.000000398. The standard InChI is InChI=1S/C20H25N2O2.C6H13N.Na/c23-20-21(16-6-2-1-3-7-16)14-15-22(20)17-10-12-19(13-11-17)24-18-8-4-5-9-18;1-4-6-7(3)5-2;/h1,10-16,18H,2-9H2;1-2,4-6H2,3H3;/q-1;-2;+1. The van der Waals surface area contributed by atoms with E-state index in [1.807, 2.05) is 48.3 Å². The van der Waals surface area contributed by atoms with E-state index in [9.17, 15) is 4.79 Å². The van der Waals surface area contributed by atoms with Crippen LogP contribution in [0.5, 0.6) is 5.75 Å². The van der Waals surface area contributed by atoms with Crippen LogP contribution in [-0.2, 0) is 0 Å². The maximum atomic E-state index is 12.7. The van der Waals surface area contributed by atoms with Crippen LogP contribution in [0.2, 0.25) is 0 Å². The summed E-state index contributed by atoms with van der Waals surface area (Å²) in [6.07, 6.45) is 16.7. The maximum absolute atomic E-state index is 12.7. The third kappa shape index (κ3) is 7.79. The molecule has 2 fully saturated rings. The van der Waals surface area contributed by atoms with Gasteiger partial charge in [-0.1, -0.05) is 12.8 Å². The summed E-state index contributed by atoms with van der Waals surface area (Å²) in [6.45, 7) is 9.35. The molecule has 0 amide bonds. The second-order valence-electron chi connectivity index (χ2n) is 8.63. The Morgan fingerprint density at radius 1 is 1.06 bits per heavy atom. The number of benzene rings is 1. The van der Waals surface area contributed by atoms with Crippen LogP contribution in [0.1, 0.15) is 63.8 Å². The molecule has 0 saturated heterocycles. The van der Waals surface area contributed by atoms with Crippen molar-refractivity contribution < 1.29 is 34.3 Å². The first-order chi connectivity index (χ1) is 15.1. The summed E-state index contributed by atoms with van der Waals surface area (Å²) in [4.78, 5) is 14.8. The van der Waals surface area contributed by atoms with Crippen LogP contribution in [0.25, 0.3) is 5.69 Å². The molecule has 32 heavy (non-hydrogen) atoms. The number of hydrogen-bond acceptors (Lipinski definition) is 3. The molecule has 2 aromatic rings. The van der Waals surface area contributed by atoms with Crippen LogP contribution in [0, 0.1) is 20.3 Å². The van der Waals surface area contributed by atoms with Crippen molar-refractivity contribution in [2.45, 2.75) is 69.9 Å². The number of imidazole rings is 1. The third-order valence-electron chi connectivity index (χ3n) is 6.25. The fraction of sp³-hybridized carbons (Fsp3) is 0.538. The zero-order chi connectivity index (χ0) is 22.1. The van der Waals surface area contributed by atoms with Crippen LogP contribution >= 0.6 is 0 Å². The second kappa shape index (κ2) is 14.3. The van der Waals surface area contributed by atoms with Crippen LogP contribution < -0.4 is 40.0 Å². The predicted octanol–water partition coefficient (Wildman–Crippen LogP) is 2.26. The van der Waals surface area contributed by atoms with Gasteiger partial charge in [-0.2, -0.15) is 19.3 Å². The Hall–Kier alpha value is -1.01. The molecular weight excluding hydrogens is 409 g/mol. The van der Waals surface area contributed by atoms with Gasteiger partial charge >= 0.3 is 35.2 Å². The third-order valence-corrected chi connectivity index (χ3v) is 6.25. The molecule has 0 bridgehead atoms. The number of ether oxygens (including phenoxy) is 1. The summed E-state index contributed by atoms with van der Waals surface area (Å²) >= 11 is 0. The summed E-state index contributed by atoms with van der Waals surface area (Å²) in [5.41, 5.74) is 0.964. The van der Waals surface area contributed by atoms with E-state index in [1.54, 1.807) is 4.57 Å². The van der Waals surface area contributed by atoms with E-state index in [0.29, 0.717) is 12.1 Å². The molecule has 4 rings (SSSR count). The Bertz CT molecular complexity index is 818. The minimum Gasteiger partial charge on any atom is -0.490 e. The number of hydrogen-bond donors (Lipinski definition) is 0. The van der Waals surface area contributed by atoms with Gasteiger partial charge in [-0.05, 0) is 63.5 Å². The Labute approximate surface area is 216 Å². The van der Waals surface area contributed by atoms with Gasteiger partial charge in [0.15, 0.2) is 0 Å². The quantitative estimate of drug-likeness (QED) is 0.483. The topological polar surface area (TPSA) is 39.4 Å². The Kier molecular flexibility index (Phi) is 12.2. The molecular formula is C26H38N3NaO2-2. The molecule has 0 aliphatic heterocycles. The van der Waals surface area contributed by atoms with E-state index < -0.39 is 0 Å². The molecule has 0 unspecified atom stereocenters. The van der Waals surface area contributed by atoms with Gasteiger partial charge in [0, 0.05) is 18.4 Å². The van der Waals surface area contributed by atoms with Crippen molar-refractivity contribution in [1.29, 1.82) is 0 Å². The summed E-state index contributed by atoms with van der Waals surface area (Å²) in [5.74, 6) is 0.904. The van der Waals surface area contributed by atoms with Crippen LogP contribution in [0.4, 0.5) is 0 Å². The van der Waals surface area contributed by atoms with Gasteiger partial charge in [0.1, 0.15) is 5.75 Å². The van der Waals surface area contributed by atoms with Crippen molar-refractivity contribution in [3.8, 4) is 11.4 Å². The van der Waals surface area contributed by atoms with E-state index in [-0.39, 0.29) is 35.2 Å². The van der Waals surface area contributed by atoms with Gasteiger partial charge < -0.3 is 29.9 Å². The molecule has 2 aliphatic carbocycles. The molecule has 172 valence electrons. The van der Waals surface area contributed by atoms with Crippen molar-refractivity contribution >= 4 is 0 Å². The fourth-order valence-corrected chi connectivity index (χ4v) is 4.32. The van der Waals surface area contributed by atoms with Crippen molar-refractivity contribution in [2.75, 3.05) is 20.1 Å². The molecule has 1 aromatic heterocycles. The molecule has 1 aromatic carbocycles. The van der Waals surface area contributed by atoms with E-state index in [4.69, 9.17) is 4.74 Å². The molecule has 2 aliphatic rings. The van der Waals surface area contributed by atoms with Gasteiger partial charge in [0.25, 0.3) is 0 Å². The van der Waals surface area contributed by atoms with Gasteiger partial charge in [-0.15, -0.1) is 6.54 Å². The largest absolute Gasteiger partial charge is 1.00 e. The minimum absolute atomic E-state index is 0. The van der Waals surface area contributed by atoms with Crippen molar-refractivity contribution in [3.63, 3.8) is 0 Å². The van der Waals surface area contributed by atoms with Gasteiger partial charge in [0.05, 0.1) is 11.8 Å². The molecule has 6 heteroatoms. The van der Waals surface area contributed by atoms with Gasteiger partial charge in [-0.3, -0.25) is 9.13 Å². The molecule has 2 saturated carbocycles. The van der Waals surface area contributed by atoms with Gasteiger partial charge in [0.2, 0.25) is 0 Å². The smallest absolute Gasteiger partial charge is 0.490 e. The second-order valence-corrected chi connectivity index (χ2v) is 8.63. The summed E-state index contributed by atoms with van der Waals surface area (Å²) in [6, 6.07) is 8.25. The molecule has 0 spiro atoms. The normalized spacial score (nSPS) is 17.0. The monoisotopic (exact) mass is 447 g/mol. The zero-order valence-electron chi connectivity index (χ0n) is 20.0. The van der Waals surface area contributed by atoms with E-state index in [1.165, 1.54) is 12.8 Å². The SMILES string of the molecule is O=c1n(-c2ccc(OC3CCCC3)cc2)ccn1C1CC[CH-]CC1.[CH2-]CCN(C)C[CH2-].[Na+]. The van der Waals surface area contributed by atoms with Crippen LogP contribution in [0.3, 0.4) is 0 Å².